The van der Waals surface area contributed by atoms with Gasteiger partial charge in [0.2, 0.25) is 0 Å². The number of carbonyl (C=O) groups excluding carboxylic acids is 1. The van der Waals surface area contributed by atoms with Gasteiger partial charge in [-0.3, -0.25) is 5.32 Å². The lowest BCUT2D eigenvalue weighted by molar-refractivity contribution is -0.146. The van der Waals surface area contributed by atoms with Crippen LogP contribution < -0.4 is 5.32 Å². The topological polar surface area (TPSA) is 38.3 Å². The highest BCUT2D eigenvalue weighted by atomic mass is 19.4. The summed E-state index contributed by atoms with van der Waals surface area (Å²) in [5, 5.41) is 2.17. The predicted molar refractivity (Wildman–Crippen MR) is 60.0 cm³/mol. The standard InChI is InChI=1S/C12H14F3NO2/c1-8-5-3-4-6-9(8)10(11(17)18-2)16-7-12(13,14)15/h3-6,10,16H,7H2,1-2H3. The summed E-state index contributed by atoms with van der Waals surface area (Å²) in [5.74, 6) is -0.742. The molecule has 0 aromatic heterocycles. The highest BCUT2D eigenvalue weighted by Crippen LogP contribution is 2.21. The highest BCUT2D eigenvalue weighted by molar-refractivity contribution is 5.78. The number of hydrogen-bond acceptors (Lipinski definition) is 3. The van der Waals surface area contributed by atoms with Crippen LogP contribution in [-0.2, 0) is 9.53 Å². The summed E-state index contributed by atoms with van der Waals surface area (Å²) >= 11 is 0. The van der Waals surface area contributed by atoms with Crippen molar-refractivity contribution in [3.8, 4) is 0 Å². The van der Waals surface area contributed by atoms with E-state index in [0.717, 1.165) is 12.7 Å². The molecule has 1 N–H and O–H groups in total. The van der Waals surface area contributed by atoms with Crippen molar-refractivity contribution in [3.63, 3.8) is 0 Å². The third-order valence-corrected chi connectivity index (χ3v) is 2.44. The second-order valence-corrected chi connectivity index (χ2v) is 3.81. The van der Waals surface area contributed by atoms with Crippen molar-refractivity contribution in [1.82, 2.24) is 5.32 Å². The van der Waals surface area contributed by atoms with Crippen LogP contribution in [0.4, 0.5) is 13.2 Å². The minimum atomic E-state index is -4.38. The van der Waals surface area contributed by atoms with E-state index in [-0.39, 0.29) is 0 Å². The summed E-state index contributed by atoms with van der Waals surface area (Å²) in [6, 6.07) is 5.61. The molecule has 0 saturated carbocycles. The molecule has 0 aliphatic rings. The van der Waals surface area contributed by atoms with Gasteiger partial charge in [-0.05, 0) is 18.1 Å². The van der Waals surface area contributed by atoms with Gasteiger partial charge in [-0.1, -0.05) is 24.3 Å². The molecule has 0 radical (unpaired) electrons. The molecular weight excluding hydrogens is 247 g/mol. The molecule has 100 valence electrons. The number of aryl methyl sites for hydroxylation is 1. The number of rotatable bonds is 4. The maximum Gasteiger partial charge on any atom is 0.401 e. The molecule has 1 atom stereocenters. The van der Waals surface area contributed by atoms with Gasteiger partial charge >= 0.3 is 12.1 Å². The van der Waals surface area contributed by atoms with E-state index in [4.69, 9.17) is 0 Å². The first-order valence-electron chi connectivity index (χ1n) is 5.28. The van der Waals surface area contributed by atoms with Crippen molar-refractivity contribution in [2.24, 2.45) is 0 Å². The van der Waals surface area contributed by atoms with E-state index in [1.54, 1.807) is 31.2 Å². The number of esters is 1. The highest BCUT2D eigenvalue weighted by Gasteiger charge is 2.31. The van der Waals surface area contributed by atoms with E-state index in [1.807, 2.05) is 0 Å². The average Bonchev–Trinajstić information content (AvgIpc) is 2.29. The number of benzene rings is 1. The summed E-state index contributed by atoms with van der Waals surface area (Å²) in [4.78, 5) is 11.5. The van der Waals surface area contributed by atoms with Crippen LogP contribution >= 0.6 is 0 Å². The van der Waals surface area contributed by atoms with Crippen LogP contribution in [0, 0.1) is 6.92 Å². The maximum absolute atomic E-state index is 12.2. The zero-order valence-corrected chi connectivity index (χ0v) is 10.0. The van der Waals surface area contributed by atoms with E-state index >= 15 is 0 Å². The average molecular weight is 261 g/mol. The molecule has 0 spiro atoms. The van der Waals surface area contributed by atoms with Gasteiger partial charge in [0.05, 0.1) is 13.7 Å². The number of ether oxygens (including phenoxy) is 1. The van der Waals surface area contributed by atoms with Crippen LogP contribution in [0.5, 0.6) is 0 Å². The zero-order chi connectivity index (χ0) is 13.8. The van der Waals surface area contributed by atoms with E-state index in [9.17, 15) is 18.0 Å². The van der Waals surface area contributed by atoms with Crippen LogP contribution in [0.25, 0.3) is 0 Å². The Kier molecular flexibility index (Phi) is 4.72. The zero-order valence-electron chi connectivity index (χ0n) is 10.0. The third-order valence-electron chi connectivity index (χ3n) is 2.44. The van der Waals surface area contributed by atoms with Gasteiger partial charge in [0.1, 0.15) is 6.04 Å². The molecule has 18 heavy (non-hydrogen) atoms. The van der Waals surface area contributed by atoms with Crippen molar-refractivity contribution in [2.45, 2.75) is 19.1 Å². The SMILES string of the molecule is COC(=O)C(NCC(F)(F)F)c1ccccc1C. The Hall–Kier alpha value is -1.56. The molecule has 0 heterocycles. The van der Waals surface area contributed by atoms with Crippen molar-refractivity contribution in [1.29, 1.82) is 0 Å². The Morgan fingerprint density at radius 1 is 1.39 bits per heavy atom. The lowest BCUT2D eigenvalue weighted by Gasteiger charge is -2.19. The van der Waals surface area contributed by atoms with Gasteiger partial charge in [-0.25, -0.2) is 4.79 Å². The first-order chi connectivity index (χ1) is 8.35. The molecule has 3 nitrogen and oxygen atoms in total. The molecule has 6 heteroatoms. The molecule has 0 aliphatic heterocycles. The Morgan fingerprint density at radius 3 is 2.50 bits per heavy atom. The van der Waals surface area contributed by atoms with Crippen molar-refractivity contribution < 1.29 is 22.7 Å². The van der Waals surface area contributed by atoms with E-state index in [1.165, 1.54) is 0 Å². The number of alkyl halides is 3. The van der Waals surface area contributed by atoms with Crippen LogP contribution in [0.1, 0.15) is 17.2 Å². The number of halogens is 3. The van der Waals surface area contributed by atoms with Gasteiger partial charge in [-0.15, -0.1) is 0 Å². The van der Waals surface area contributed by atoms with Crippen molar-refractivity contribution in [3.05, 3.63) is 35.4 Å². The van der Waals surface area contributed by atoms with Crippen LogP contribution in [-0.4, -0.2) is 25.8 Å². The Labute approximate surface area is 103 Å². The van der Waals surface area contributed by atoms with Gasteiger partial charge < -0.3 is 4.74 Å². The summed E-state index contributed by atoms with van der Waals surface area (Å²) in [5.41, 5.74) is 1.20. The van der Waals surface area contributed by atoms with E-state index in [2.05, 4.69) is 10.1 Å². The second kappa shape index (κ2) is 5.86. The van der Waals surface area contributed by atoms with Gasteiger partial charge in [0.15, 0.2) is 0 Å². The molecular formula is C12H14F3NO2. The molecule has 1 unspecified atom stereocenters. The van der Waals surface area contributed by atoms with Gasteiger partial charge in [-0.2, -0.15) is 13.2 Å². The first kappa shape index (κ1) is 14.5. The fourth-order valence-electron chi connectivity index (χ4n) is 1.57. The largest absolute Gasteiger partial charge is 0.468 e. The van der Waals surface area contributed by atoms with E-state index in [0.29, 0.717) is 5.56 Å². The van der Waals surface area contributed by atoms with E-state index < -0.39 is 24.7 Å². The fraction of sp³-hybridized carbons (Fsp3) is 0.417. The molecule has 0 aliphatic carbocycles. The lowest BCUT2D eigenvalue weighted by atomic mass is 10.0. The Bertz CT molecular complexity index is 418. The molecule has 0 bridgehead atoms. The van der Waals surface area contributed by atoms with Gasteiger partial charge in [0, 0.05) is 0 Å². The molecule has 1 aromatic rings. The number of methoxy groups -OCH3 is 1. The van der Waals surface area contributed by atoms with Gasteiger partial charge in [0.25, 0.3) is 0 Å². The number of carbonyl (C=O) groups is 1. The summed E-state index contributed by atoms with van der Waals surface area (Å²) in [7, 11) is 1.14. The first-order valence-corrected chi connectivity index (χ1v) is 5.28. The molecule has 0 amide bonds. The van der Waals surface area contributed by atoms with Crippen molar-refractivity contribution in [2.75, 3.05) is 13.7 Å². The summed E-state index contributed by atoms with van der Waals surface area (Å²) < 4.78 is 41.1. The summed E-state index contributed by atoms with van der Waals surface area (Å²) in [6.45, 7) is 0.474. The van der Waals surface area contributed by atoms with Crippen LogP contribution in [0.3, 0.4) is 0 Å². The number of hydrogen-bond donors (Lipinski definition) is 1. The maximum atomic E-state index is 12.2. The molecule has 1 rings (SSSR count). The van der Waals surface area contributed by atoms with Crippen molar-refractivity contribution >= 4 is 5.97 Å². The fourth-order valence-corrected chi connectivity index (χ4v) is 1.57. The molecule has 1 aromatic carbocycles. The Balaban J connectivity index is 2.93. The quantitative estimate of drug-likeness (QED) is 0.845. The normalized spacial score (nSPS) is 13.2. The molecule has 0 saturated heterocycles. The lowest BCUT2D eigenvalue weighted by Crippen LogP contribution is -2.36. The minimum Gasteiger partial charge on any atom is -0.468 e. The number of nitrogens with one attached hydrogen (secondary N) is 1. The predicted octanol–water partition coefficient (Wildman–Crippen LogP) is 2.36. The second-order valence-electron chi connectivity index (χ2n) is 3.81. The minimum absolute atomic E-state index is 0.480. The monoisotopic (exact) mass is 261 g/mol. The van der Waals surface area contributed by atoms with Crippen LogP contribution in [0.2, 0.25) is 0 Å². The molecule has 0 fully saturated rings. The smallest absolute Gasteiger partial charge is 0.401 e. The Morgan fingerprint density at radius 2 is 2.00 bits per heavy atom. The third kappa shape index (κ3) is 4.03. The van der Waals surface area contributed by atoms with Crippen LogP contribution in [0.15, 0.2) is 24.3 Å². The summed E-state index contributed by atoms with van der Waals surface area (Å²) in [6.07, 6.45) is -4.38.